The van der Waals surface area contributed by atoms with E-state index in [1.54, 1.807) is 18.3 Å². The van der Waals surface area contributed by atoms with E-state index < -0.39 is 0 Å². The van der Waals surface area contributed by atoms with Crippen LogP contribution in [0.1, 0.15) is 13.8 Å². The normalized spacial score (nSPS) is 10.2. The topological polar surface area (TPSA) is 96.0 Å². The van der Waals surface area contributed by atoms with E-state index in [9.17, 15) is 0 Å². The molecule has 0 amide bonds. The number of nitrogens with two attached hydrogens (primary N) is 1. The van der Waals surface area contributed by atoms with Crippen LogP contribution in [0.2, 0.25) is 0 Å². The predicted molar refractivity (Wildman–Crippen MR) is 69.8 cm³/mol. The maximum absolute atomic E-state index is 5.56. The molecule has 2 N–H and O–H groups in total. The summed E-state index contributed by atoms with van der Waals surface area (Å²) < 4.78 is 10.7. The number of nitrogen functional groups attached to an aromatic ring is 1. The average Bonchev–Trinajstić information content (AvgIpc) is 2.39. The molecule has 7 heteroatoms. The van der Waals surface area contributed by atoms with Crippen molar-refractivity contribution in [1.29, 1.82) is 0 Å². The van der Waals surface area contributed by atoms with Crippen molar-refractivity contribution in [3.8, 4) is 23.3 Å². The highest BCUT2D eigenvalue weighted by Gasteiger charge is 2.09. The summed E-state index contributed by atoms with van der Waals surface area (Å²) in [4.78, 5) is 16.3. The van der Waals surface area contributed by atoms with Crippen molar-refractivity contribution in [3.05, 3.63) is 18.3 Å². The molecule has 0 spiro atoms. The molecule has 0 atom stereocenters. The van der Waals surface area contributed by atoms with Crippen LogP contribution in [0.3, 0.4) is 0 Å². The third kappa shape index (κ3) is 3.27. The van der Waals surface area contributed by atoms with Crippen molar-refractivity contribution in [1.82, 2.24) is 19.9 Å². The number of anilines is 1. The highest BCUT2D eigenvalue weighted by Crippen LogP contribution is 2.22. The van der Waals surface area contributed by atoms with Gasteiger partial charge in [0.15, 0.2) is 0 Å². The number of rotatable bonds is 5. The number of hydrogen-bond acceptors (Lipinski definition) is 7. The molecular formula is C12H15N5O2. The minimum atomic E-state index is 0.187. The van der Waals surface area contributed by atoms with Crippen LogP contribution in [0.5, 0.6) is 11.9 Å². The van der Waals surface area contributed by atoms with E-state index in [4.69, 9.17) is 15.2 Å². The van der Waals surface area contributed by atoms with E-state index in [-0.39, 0.29) is 12.0 Å². The summed E-state index contributed by atoms with van der Waals surface area (Å²) >= 11 is 0. The molecule has 0 aromatic carbocycles. The zero-order valence-corrected chi connectivity index (χ0v) is 10.8. The fourth-order valence-corrected chi connectivity index (χ4v) is 1.47. The van der Waals surface area contributed by atoms with E-state index >= 15 is 0 Å². The minimum Gasteiger partial charge on any atom is -0.478 e. The predicted octanol–water partition coefficient (Wildman–Crippen LogP) is 1.31. The first-order valence-electron chi connectivity index (χ1n) is 5.96. The van der Waals surface area contributed by atoms with Crippen LogP contribution in [0.15, 0.2) is 18.3 Å². The van der Waals surface area contributed by atoms with Crippen molar-refractivity contribution in [2.45, 2.75) is 13.8 Å². The molecule has 0 bridgehead atoms. The fraction of sp³-hybridized carbons (Fsp3) is 0.333. The average molecular weight is 261 g/mol. The molecule has 0 fully saturated rings. The van der Waals surface area contributed by atoms with Crippen molar-refractivity contribution in [3.63, 3.8) is 0 Å². The summed E-state index contributed by atoms with van der Waals surface area (Å²) in [6, 6.07) is 3.65. The Morgan fingerprint density at radius 3 is 2.53 bits per heavy atom. The third-order valence-corrected chi connectivity index (χ3v) is 2.18. The summed E-state index contributed by atoms with van der Waals surface area (Å²) in [6.07, 6.45) is 1.57. The highest BCUT2D eigenvalue weighted by molar-refractivity contribution is 5.56. The number of aromatic nitrogens is 4. The lowest BCUT2D eigenvalue weighted by Crippen LogP contribution is -2.03. The molecule has 0 saturated carbocycles. The van der Waals surface area contributed by atoms with E-state index in [1.807, 2.05) is 13.8 Å². The van der Waals surface area contributed by atoms with Crippen LogP contribution in [0.25, 0.3) is 11.4 Å². The second kappa shape index (κ2) is 5.94. The molecule has 0 saturated heterocycles. The Hall–Kier alpha value is -2.44. The van der Waals surface area contributed by atoms with Gasteiger partial charge in [0, 0.05) is 12.3 Å². The van der Waals surface area contributed by atoms with Gasteiger partial charge in [-0.05, 0) is 19.9 Å². The molecule has 0 aliphatic carbocycles. The van der Waals surface area contributed by atoms with Crippen molar-refractivity contribution < 1.29 is 9.47 Å². The molecular weight excluding hydrogens is 246 g/mol. The Labute approximate surface area is 110 Å². The number of hydrogen-bond donors (Lipinski definition) is 1. The largest absolute Gasteiger partial charge is 0.478 e. The fourth-order valence-electron chi connectivity index (χ4n) is 1.47. The maximum Gasteiger partial charge on any atom is 0.320 e. The summed E-state index contributed by atoms with van der Waals surface area (Å²) in [6.45, 7) is 4.72. The summed E-state index contributed by atoms with van der Waals surface area (Å²) in [5.41, 5.74) is 6.74. The molecule has 2 aromatic heterocycles. The Bertz CT molecular complexity index is 537. The SMILES string of the molecule is CCOc1cc(-c2ccnc(N)n2)nc(OCC)n1. The Balaban J connectivity index is 2.43. The van der Waals surface area contributed by atoms with E-state index in [0.717, 1.165) is 0 Å². The van der Waals surface area contributed by atoms with Gasteiger partial charge in [-0.25, -0.2) is 9.97 Å². The van der Waals surface area contributed by atoms with Crippen LogP contribution in [-0.4, -0.2) is 33.1 Å². The maximum atomic E-state index is 5.56. The van der Waals surface area contributed by atoms with Gasteiger partial charge in [-0.3, -0.25) is 0 Å². The molecule has 7 nitrogen and oxygen atoms in total. The second-order valence-electron chi connectivity index (χ2n) is 3.54. The van der Waals surface area contributed by atoms with Gasteiger partial charge in [0.25, 0.3) is 0 Å². The minimum absolute atomic E-state index is 0.187. The standard InChI is InChI=1S/C12H15N5O2/c1-3-18-10-7-9(16-12(17-10)19-4-2)8-5-6-14-11(13)15-8/h5-7H,3-4H2,1-2H3,(H2,13,14,15). The molecule has 0 aliphatic heterocycles. The van der Waals surface area contributed by atoms with Gasteiger partial charge in [0.05, 0.1) is 24.6 Å². The smallest absolute Gasteiger partial charge is 0.320 e. The zero-order valence-electron chi connectivity index (χ0n) is 10.8. The van der Waals surface area contributed by atoms with Gasteiger partial charge < -0.3 is 15.2 Å². The highest BCUT2D eigenvalue weighted by atomic mass is 16.5. The first-order chi connectivity index (χ1) is 9.22. The zero-order chi connectivity index (χ0) is 13.7. The number of nitrogens with zero attached hydrogens (tertiary/aromatic N) is 4. The van der Waals surface area contributed by atoms with E-state index in [0.29, 0.717) is 30.5 Å². The quantitative estimate of drug-likeness (QED) is 0.866. The van der Waals surface area contributed by atoms with Crippen LogP contribution < -0.4 is 15.2 Å². The van der Waals surface area contributed by atoms with Crippen molar-refractivity contribution >= 4 is 5.95 Å². The first-order valence-corrected chi connectivity index (χ1v) is 5.96. The van der Waals surface area contributed by atoms with Gasteiger partial charge in [-0.2, -0.15) is 9.97 Å². The molecule has 100 valence electrons. The van der Waals surface area contributed by atoms with E-state index in [1.165, 1.54) is 0 Å². The molecule has 2 rings (SSSR count). The van der Waals surface area contributed by atoms with Gasteiger partial charge in [0.1, 0.15) is 0 Å². The Morgan fingerprint density at radius 1 is 1.05 bits per heavy atom. The lowest BCUT2D eigenvalue weighted by Gasteiger charge is -2.08. The van der Waals surface area contributed by atoms with E-state index in [2.05, 4.69) is 19.9 Å². The monoisotopic (exact) mass is 261 g/mol. The summed E-state index contributed by atoms with van der Waals surface area (Å²) in [5.74, 6) is 0.625. The van der Waals surface area contributed by atoms with Crippen LogP contribution in [-0.2, 0) is 0 Å². The first kappa shape index (κ1) is 13.0. The van der Waals surface area contributed by atoms with Gasteiger partial charge in [-0.15, -0.1) is 0 Å². The third-order valence-electron chi connectivity index (χ3n) is 2.18. The molecule has 0 aliphatic rings. The molecule has 0 unspecified atom stereocenters. The van der Waals surface area contributed by atoms with Gasteiger partial charge >= 0.3 is 6.01 Å². The Kier molecular flexibility index (Phi) is 4.07. The van der Waals surface area contributed by atoms with Crippen molar-refractivity contribution in [2.24, 2.45) is 0 Å². The molecule has 19 heavy (non-hydrogen) atoms. The van der Waals surface area contributed by atoms with Gasteiger partial charge in [0.2, 0.25) is 11.8 Å². The van der Waals surface area contributed by atoms with Crippen LogP contribution in [0, 0.1) is 0 Å². The van der Waals surface area contributed by atoms with Gasteiger partial charge in [-0.1, -0.05) is 0 Å². The van der Waals surface area contributed by atoms with Crippen molar-refractivity contribution in [2.75, 3.05) is 18.9 Å². The second-order valence-corrected chi connectivity index (χ2v) is 3.54. The molecule has 2 aromatic rings. The van der Waals surface area contributed by atoms with Crippen LogP contribution in [0.4, 0.5) is 5.95 Å². The Morgan fingerprint density at radius 2 is 1.84 bits per heavy atom. The lowest BCUT2D eigenvalue weighted by atomic mass is 10.3. The van der Waals surface area contributed by atoms with Crippen LogP contribution >= 0.6 is 0 Å². The summed E-state index contributed by atoms with van der Waals surface area (Å²) in [5, 5.41) is 0. The lowest BCUT2D eigenvalue weighted by molar-refractivity contribution is 0.289. The molecule has 2 heterocycles. The summed E-state index contributed by atoms with van der Waals surface area (Å²) in [7, 11) is 0. The molecule has 0 radical (unpaired) electrons. The number of ether oxygens (including phenoxy) is 2.